The van der Waals surface area contributed by atoms with E-state index in [1.54, 1.807) is 0 Å². The first-order chi connectivity index (χ1) is 8.97. The lowest BCUT2D eigenvalue weighted by Crippen LogP contribution is -2.00. The summed E-state index contributed by atoms with van der Waals surface area (Å²) < 4.78 is 31.5. The lowest BCUT2D eigenvalue weighted by Gasteiger charge is -2.11. The molecule has 0 aliphatic heterocycles. The molecule has 2 aromatic carbocycles. The number of halogens is 2. The largest absolute Gasteiger partial charge is 0.489 e. The second-order valence-electron chi connectivity index (χ2n) is 4.51. The highest BCUT2D eigenvalue weighted by molar-refractivity contribution is 5.53. The molecule has 0 fully saturated rings. The second kappa shape index (κ2) is 5.26. The van der Waals surface area contributed by atoms with Crippen LogP contribution in [0.15, 0.2) is 30.3 Å². The van der Waals surface area contributed by atoms with Crippen molar-refractivity contribution in [1.29, 1.82) is 0 Å². The molecule has 0 aliphatic carbocycles. The number of hydrogen-bond donors (Lipinski definition) is 1. The Hall–Kier alpha value is -2.10. The summed E-state index contributed by atoms with van der Waals surface area (Å²) in [6.07, 6.45) is 0. The zero-order valence-corrected chi connectivity index (χ0v) is 10.8. The van der Waals surface area contributed by atoms with E-state index < -0.39 is 11.6 Å². The molecule has 2 rings (SSSR count). The minimum atomic E-state index is -0.869. The van der Waals surface area contributed by atoms with Crippen LogP contribution >= 0.6 is 0 Å². The van der Waals surface area contributed by atoms with Gasteiger partial charge in [-0.3, -0.25) is 0 Å². The first kappa shape index (κ1) is 13.3. The summed E-state index contributed by atoms with van der Waals surface area (Å²) in [5, 5.41) is 0. The van der Waals surface area contributed by atoms with Crippen molar-refractivity contribution in [3.63, 3.8) is 0 Å². The van der Waals surface area contributed by atoms with Gasteiger partial charge in [-0.2, -0.15) is 0 Å². The van der Waals surface area contributed by atoms with Crippen LogP contribution in [0.5, 0.6) is 5.75 Å². The van der Waals surface area contributed by atoms with Gasteiger partial charge in [0.05, 0.1) is 0 Å². The molecule has 2 aromatic rings. The molecular formula is C15H15F2NO. The molecule has 0 saturated carbocycles. The molecule has 0 radical (unpaired) electrons. The standard InChI is InChI=1S/C15H15F2NO/c1-9-6-15(10(2)5-14(9)18)19-8-11-3-4-12(16)13(17)7-11/h3-7H,8,18H2,1-2H3. The maximum Gasteiger partial charge on any atom is 0.159 e. The molecule has 0 heterocycles. The molecule has 0 bridgehead atoms. The number of rotatable bonds is 3. The fourth-order valence-electron chi connectivity index (χ4n) is 1.76. The van der Waals surface area contributed by atoms with Crippen LogP contribution in [0.25, 0.3) is 0 Å². The maximum absolute atomic E-state index is 13.1. The minimum Gasteiger partial charge on any atom is -0.489 e. The van der Waals surface area contributed by atoms with E-state index in [9.17, 15) is 8.78 Å². The van der Waals surface area contributed by atoms with Crippen LogP contribution < -0.4 is 10.5 Å². The van der Waals surface area contributed by atoms with Crippen molar-refractivity contribution < 1.29 is 13.5 Å². The van der Waals surface area contributed by atoms with Crippen molar-refractivity contribution in [2.24, 2.45) is 0 Å². The van der Waals surface area contributed by atoms with Crippen LogP contribution in [0.2, 0.25) is 0 Å². The van der Waals surface area contributed by atoms with Crippen molar-refractivity contribution in [3.05, 3.63) is 58.7 Å². The van der Waals surface area contributed by atoms with Gasteiger partial charge >= 0.3 is 0 Å². The quantitative estimate of drug-likeness (QED) is 0.856. The Morgan fingerprint density at radius 1 is 1.00 bits per heavy atom. The monoisotopic (exact) mass is 263 g/mol. The molecule has 100 valence electrons. The molecule has 0 saturated heterocycles. The average molecular weight is 263 g/mol. The number of aryl methyl sites for hydroxylation is 2. The van der Waals surface area contributed by atoms with Gasteiger partial charge in [-0.25, -0.2) is 8.78 Å². The van der Waals surface area contributed by atoms with Crippen LogP contribution in [0.3, 0.4) is 0 Å². The summed E-state index contributed by atoms with van der Waals surface area (Å²) >= 11 is 0. The summed E-state index contributed by atoms with van der Waals surface area (Å²) in [5.41, 5.74) is 8.90. The first-order valence-corrected chi connectivity index (χ1v) is 5.91. The van der Waals surface area contributed by atoms with E-state index in [1.165, 1.54) is 6.07 Å². The van der Waals surface area contributed by atoms with Gasteiger partial charge in [-0.05, 0) is 54.8 Å². The van der Waals surface area contributed by atoms with E-state index in [0.29, 0.717) is 17.0 Å². The molecule has 2 nitrogen and oxygen atoms in total. The predicted molar refractivity (Wildman–Crippen MR) is 71.0 cm³/mol. The highest BCUT2D eigenvalue weighted by Crippen LogP contribution is 2.25. The van der Waals surface area contributed by atoms with Crippen molar-refractivity contribution in [2.45, 2.75) is 20.5 Å². The molecule has 0 aromatic heterocycles. The van der Waals surface area contributed by atoms with Gasteiger partial charge in [0.2, 0.25) is 0 Å². The van der Waals surface area contributed by atoms with E-state index in [4.69, 9.17) is 10.5 Å². The van der Waals surface area contributed by atoms with Crippen LogP contribution in [-0.4, -0.2) is 0 Å². The SMILES string of the molecule is Cc1cc(OCc2ccc(F)c(F)c2)c(C)cc1N. The molecule has 2 N–H and O–H groups in total. The Balaban J connectivity index is 2.14. The van der Waals surface area contributed by atoms with E-state index in [-0.39, 0.29) is 6.61 Å². The van der Waals surface area contributed by atoms with E-state index >= 15 is 0 Å². The Morgan fingerprint density at radius 2 is 1.74 bits per heavy atom. The Labute approximate surface area is 110 Å². The third-order valence-corrected chi connectivity index (χ3v) is 2.94. The predicted octanol–water partition coefficient (Wildman–Crippen LogP) is 3.74. The van der Waals surface area contributed by atoms with Gasteiger partial charge in [0.25, 0.3) is 0 Å². The molecule has 0 spiro atoms. The minimum absolute atomic E-state index is 0.182. The van der Waals surface area contributed by atoms with Crippen molar-refractivity contribution in [2.75, 3.05) is 5.73 Å². The molecule has 4 heteroatoms. The van der Waals surface area contributed by atoms with Gasteiger partial charge in [-0.15, -0.1) is 0 Å². The average Bonchev–Trinajstić information content (AvgIpc) is 2.36. The summed E-state index contributed by atoms with van der Waals surface area (Å²) in [6.45, 7) is 3.96. The number of hydrogen-bond acceptors (Lipinski definition) is 2. The fraction of sp³-hybridized carbons (Fsp3) is 0.200. The summed E-state index contributed by atoms with van der Waals surface area (Å²) in [7, 11) is 0. The Morgan fingerprint density at radius 3 is 2.42 bits per heavy atom. The summed E-state index contributed by atoms with van der Waals surface area (Å²) in [5.74, 6) is -1.04. The third kappa shape index (κ3) is 3.02. The van der Waals surface area contributed by atoms with Gasteiger partial charge in [0.1, 0.15) is 12.4 Å². The molecule has 19 heavy (non-hydrogen) atoms. The number of ether oxygens (including phenoxy) is 1. The second-order valence-corrected chi connectivity index (χ2v) is 4.51. The molecule has 0 unspecified atom stereocenters. The van der Waals surface area contributed by atoms with E-state index in [0.717, 1.165) is 23.3 Å². The molecule has 0 aliphatic rings. The summed E-state index contributed by atoms with van der Waals surface area (Å²) in [6, 6.07) is 7.39. The number of benzene rings is 2. The highest BCUT2D eigenvalue weighted by atomic mass is 19.2. The number of nitrogens with two attached hydrogens (primary N) is 1. The lowest BCUT2D eigenvalue weighted by atomic mass is 10.1. The normalized spacial score (nSPS) is 10.5. The van der Waals surface area contributed by atoms with Crippen LogP contribution in [0, 0.1) is 25.5 Å². The Kier molecular flexibility index (Phi) is 3.69. The van der Waals surface area contributed by atoms with Crippen molar-refractivity contribution in [1.82, 2.24) is 0 Å². The number of anilines is 1. The fourth-order valence-corrected chi connectivity index (χ4v) is 1.76. The van der Waals surface area contributed by atoms with Crippen LogP contribution in [0.1, 0.15) is 16.7 Å². The molecular weight excluding hydrogens is 248 g/mol. The van der Waals surface area contributed by atoms with Crippen LogP contribution in [0.4, 0.5) is 14.5 Å². The third-order valence-electron chi connectivity index (χ3n) is 2.94. The van der Waals surface area contributed by atoms with Crippen molar-refractivity contribution >= 4 is 5.69 Å². The Bertz CT molecular complexity index is 611. The van der Waals surface area contributed by atoms with Crippen molar-refractivity contribution in [3.8, 4) is 5.75 Å². The zero-order chi connectivity index (χ0) is 14.0. The topological polar surface area (TPSA) is 35.2 Å². The van der Waals surface area contributed by atoms with Gasteiger partial charge in [-0.1, -0.05) is 6.07 Å². The maximum atomic E-state index is 13.1. The molecule has 0 atom stereocenters. The van der Waals surface area contributed by atoms with E-state index in [1.807, 2.05) is 26.0 Å². The van der Waals surface area contributed by atoms with Crippen LogP contribution in [-0.2, 0) is 6.61 Å². The van der Waals surface area contributed by atoms with E-state index in [2.05, 4.69) is 0 Å². The first-order valence-electron chi connectivity index (χ1n) is 5.91. The van der Waals surface area contributed by atoms with Gasteiger partial charge in [0, 0.05) is 5.69 Å². The highest BCUT2D eigenvalue weighted by Gasteiger charge is 2.06. The van der Waals surface area contributed by atoms with Gasteiger partial charge in [0.15, 0.2) is 11.6 Å². The lowest BCUT2D eigenvalue weighted by molar-refractivity contribution is 0.303. The molecule has 0 amide bonds. The number of nitrogen functional groups attached to an aromatic ring is 1. The van der Waals surface area contributed by atoms with Gasteiger partial charge < -0.3 is 10.5 Å². The summed E-state index contributed by atoms with van der Waals surface area (Å²) in [4.78, 5) is 0. The zero-order valence-electron chi connectivity index (χ0n) is 10.8. The smallest absolute Gasteiger partial charge is 0.159 e.